The van der Waals surface area contributed by atoms with Gasteiger partial charge in [0.1, 0.15) is 8.07 Å². The molecule has 1 heteroatoms. The van der Waals surface area contributed by atoms with Crippen LogP contribution in [-0.2, 0) is 0 Å². The standard InChI is InChI=1S/C17H20Si/c1-15-9-11-16(12-10-15)13-14-18(2,3)17-7-5-4-6-8-17/h4-14H,1-3H3/b14-13-. The van der Waals surface area contributed by atoms with Crippen LogP contribution in [0.5, 0.6) is 0 Å². The molecule has 92 valence electrons. The summed E-state index contributed by atoms with van der Waals surface area (Å²) in [6, 6.07) is 19.5. The molecule has 0 spiro atoms. The quantitative estimate of drug-likeness (QED) is 0.719. The fraction of sp³-hybridized carbons (Fsp3) is 0.176. The highest BCUT2D eigenvalue weighted by atomic mass is 28.3. The van der Waals surface area contributed by atoms with Crippen molar-refractivity contribution in [2.45, 2.75) is 20.0 Å². The van der Waals surface area contributed by atoms with E-state index in [-0.39, 0.29) is 0 Å². The maximum Gasteiger partial charge on any atom is 0.104 e. The lowest BCUT2D eigenvalue weighted by Gasteiger charge is -2.18. The smallest absolute Gasteiger partial charge is 0.0897 e. The van der Waals surface area contributed by atoms with E-state index in [0.29, 0.717) is 0 Å². The van der Waals surface area contributed by atoms with Crippen LogP contribution in [0.25, 0.3) is 6.08 Å². The Morgan fingerprint density at radius 2 is 1.44 bits per heavy atom. The van der Waals surface area contributed by atoms with E-state index in [1.807, 2.05) is 0 Å². The molecule has 0 bridgehead atoms. The van der Waals surface area contributed by atoms with Gasteiger partial charge in [0.15, 0.2) is 0 Å². The predicted molar refractivity (Wildman–Crippen MR) is 83.8 cm³/mol. The lowest BCUT2D eigenvalue weighted by atomic mass is 10.2. The molecule has 0 N–H and O–H groups in total. The van der Waals surface area contributed by atoms with E-state index in [4.69, 9.17) is 0 Å². The first-order valence-corrected chi connectivity index (χ1v) is 9.47. The van der Waals surface area contributed by atoms with E-state index in [1.165, 1.54) is 16.3 Å². The molecule has 0 atom stereocenters. The summed E-state index contributed by atoms with van der Waals surface area (Å²) in [4.78, 5) is 0. The number of benzene rings is 2. The lowest BCUT2D eigenvalue weighted by Crippen LogP contribution is -2.39. The molecule has 18 heavy (non-hydrogen) atoms. The van der Waals surface area contributed by atoms with Crippen LogP contribution >= 0.6 is 0 Å². The molecule has 0 saturated carbocycles. The molecule has 0 aliphatic heterocycles. The summed E-state index contributed by atoms with van der Waals surface area (Å²) >= 11 is 0. The Labute approximate surface area is 111 Å². The second-order valence-corrected chi connectivity index (χ2v) is 9.69. The minimum Gasteiger partial charge on any atom is -0.0897 e. The molecule has 0 radical (unpaired) electrons. The largest absolute Gasteiger partial charge is 0.104 e. The fourth-order valence-corrected chi connectivity index (χ4v) is 3.80. The van der Waals surface area contributed by atoms with Crippen LogP contribution in [0.1, 0.15) is 11.1 Å². The third-order valence-corrected chi connectivity index (χ3v) is 6.11. The lowest BCUT2D eigenvalue weighted by molar-refractivity contribution is 1.46. The summed E-state index contributed by atoms with van der Waals surface area (Å²) in [7, 11) is -1.46. The second-order valence-electron chi connectivity index (χ2n) is 5.33. The van der Waals surface area contributed by atoms with E-state index in [2.05, 4.69) is 86.4 Å². The van der Waals surface area contributed by atoms with Crippen molar-refractivity contribution in [2.75, 3.05) is 0 Å². The maximum absolute atomic E-state index is 2.41. The van der Waals surface area contributed by atoms with Crippen molar-refractivity contribution in [1.29, 1.82) is 0 Å². The normalized spacial score (nSPS) is 11.9. The van der Waals surface area contributed by atoms with Gasteiger partial charge in [-0.05, 0) is 12.5 Å². The average molecular weight is 252 g/mol. The Hall–Kier alpha value is -1.60. The molecule has 0 nitrogen and oxygen atoms in total. The minimum atomic E-state index is -1.46. The molecule has 0 aliphatic rings. The first-order chi connectivity index (χ1) is 8.58. The molecule has 2 rings (SSSR count). The SMILES string of the molecule is Cc1ccc(/C=C\[Si](C)(C)c2ccccc2)cc1. The van der Waals surface area contributed by atoms with Gasteiger partial charge in [0, 0.05) is 0 Å². The van der Waals surface area contributed by atoms with Crippen LogP contribution in [0.3, 0.4) is 0 Å². The van der Waals surface area contributed by atoms with Gasteiger partial charge in [-0.2, -0.15) is 0 Å². The fourth-order valence-electron chi connectivity index (χ4n) is 1.95. The average Bonchev–Trinajstić information content (AvgIpc) is 2.39. The summed E-state index contributed by atoms with van der Waals surface area (Å²) in [6.07, 6.45) is 2.26. The van der Waals surface area contributed by atoms with Crippen molar-refractivity contribution >= 4 is 19.3 Å². The zero-order valence-corrected chi connectivity index (χ0v) is 12.4. The van der Waals surface area contributed by atoms with Crippen molar-refractivity contribution < 1.29 is 0 Å². The minimum absolute atomic E-state index is 1.29. The van der Waals surface area contributed by atoms with E-state index in [9.17, 15) is 0 Å². The van der Waals surface area contributed by atoms with Gasteiger partial charge >= 0.3 is 0 Å². The summed E-state index contributed by atoms with van der Waals surface area (Å²) in [5.74, 6) is 0. The molecule has 0 aromatic heterocycles. The molecule has 0 unspecified atom stereocenters. The molecule has 0 fully saturated rings. The summed E-state index contributed by atoms with van der Waals surface area (Å²) < 4.78 is 0. The molecule has 0 amide bonds. The van der Waals surface area contributed by atoms with Crippen molar-refractivity contribution in [1.82, 2.24) is 0 Å². The van der Waals surface area contributed by atoms with Crippen LogP contribution in [0.15, 0.2) is 60.3 Å². The van der Waals surface area contributed by atoms with Crippen LogP contribution < -0.4 is 5.19 Å². The summed E-state index contributed by atoms with van der Waals surface area (Å²) in [5, 5.41) is 1.48. The van der Waals surface area contributed by atoms with E-state index < -0.39 is 8.07 Å². The Kier molecular flexibility index (Phi) is 3.83. The van der Waals surface area contributed by atoms with Gasteiger partial charge in [-0.15, -0.1) is 0 Å². The van der Waals surface area contributed by atoms with Gasteiger partial charge in [0.2, 0.25) is 0 Å². The Morgan fingerprint density at radius 1 is 0.833 bits per heavy atom. The first-order valence-electron chi connectivity index (χ1n) is 6.39. The first kappa shape index (κ1) is 12.8. The van der Waals surface area contributed by atoms with Gasteiger partial charge in [-0.25, -0.2) is 0 Å². The van der Waals surface area contributed by atoms with Crippen molar-refractivity contribution in [2.24, 2.45) is 0 Å². The van der Waals surface area contributed by atoms with Crippen LogP contribution in [0.2, 0.25) is 13.1 Å². The Morgan fingerprint density at radius 3 is 2.06 bits per heavy atom. The number of hydrogen-bond acceptors (Lipinski definition) is 0. The van der Waals surface area contributed by atoms with Gasteiger partial charge in [0.05, 0.1) is 0 Å². The molecule has 0 heterocycles. The van der Waals surface area contributed by atoms with E-state index >= 15 is 0 Å². The number of hydrogen-bond donors (Lipinski definition) is 0. The topological polar surface area (TPSA) is 0 Å². The highest BCUT2D eigenvalue weighted by Crippen LogP contribution is 2.10. The Bertz CT molecular complexity index is 521. The highest BCUT2D eigenvalue weighted by Gasteiger charge is 2.18. The van der Waals surface area contributed by atoms with E-state index in [1.54, 1.807) is 0 Å². The van der Waals surface area contributed by atoms with Crippen molar-refractivity contribution in [3.05, 3.63) is 71.4 Å². The third-order valence-electron chi connectivity index (χ3n) is 3.29. The molecular formula is C17H20Si. The molecule has 2 aromatic rings. The molecule has 0 saturated heterocycles. The van der Waals surface area contributed by atoms with Gasteiger partial charge < -0.3 is 0 Å². The van der Waals surface area contributed by atoms with Crippen molar-refractivity contribution in [3.63, 3.8) is 0 Å². The van der Waals surface area contributed by atoms with Gasteiger partial charge in [-0.1, -0.05) is 90.2 Å². The summed E-state index contributed by atoms with van der Waals surface area (Å²) in [5.41, 5.74) is 5.01. The zero-order chi connectivity index (χ0) is 13.0. The number of aryl methyl sites for hydroxylation is 1. The van der Waals surface area contributed by atoms with Gasteiger partial charge in [0.25, 0.3) is 0 Å². The highest BCUT2D eigenvalue weighted by molar-refractivity contribution is 6.94. The summed E-state index contributed by atoms with van der Waals surface area (Å²) in [6.45, 7) is 6.89. The van der Waals surface area contributed by atoms with Crippen LogP contribution in [-0.4, -0.2) is 8.07 Å². The maximum atomic E-state index is 2.41. The van der Waals surface area contributed by atoms with Crippen LogP contribution in [0, 0.1) is 6.92 Å². The van der Waals surface area contributed by atoms with Crippen LogP contribution in [0.4, 0.5) is 0 Å². The second kappa shape index (κ2) is 5.36. The van der Waals surface area contributed by atoms with Gasteiger partial charge in [-0.3, -0.25) is 0 Å². The third kappa shape index (κ3) is 3.20. The molecule has 0 aliphatic carbocycles. The Balaban J connectivity index is 2.20. The number of rotatable bonds is 3. The zero-order valence-electron chi connectivity index (χ0n) is 11.4. The monoisotopic (exact) mass is 252 g/mol. The van der Waals surface area contributed by atoms with E-state index in [0.717, 1.165) is 0 Å². The predicted octanol–water partition coefficient (Wildman–Crippen LogP) is 4.16. The molecule has 2 aromatic carbocycles. The molecular weight excluding hydrogens is 232 g/mol. The van der Waals surface area contributed by atoms with Crippen molar-refractivity contribution in [3.8, 4) is 0 Å².